The van der Waals surface area contributed by atoms with Crippen LogP contribution in [0.25, 0.3) is 22.4 Å². The number of aliphatic imine (C=N–C) groups is 1. The van der Waals surface area contributed by atoms with E-state index >= 15 is 0 Å². The minimum Gasteiger partial charge on any atom is -0.384 e. The van der Waals surface area contributed by atoms with Crippen molar-refractivity contribution in [1.82, 2.24) is 20.3 Å². The van der Waals surface area contributed by atoms with Crippen LogP contribution in [0.4, 0.5) is 5.69 Å². The third-order valence-corrected chi connectivity index (χ3v) is 5.78. The molecule has 0 unspecified atom stereocenters. The minimum absolute atomic E-state index is 0.198. The predicted octanol–water partition coefficient (Wildman–Crippen LogP) is 3.88. The summed E-state index contributed by atoms with van der Waals surface area (Å²) < 4.78 is 0. The molecule has 0 saturated heterocycles. The minimum atomic E-state index is -0.198. The molecule has 32 heavy (non-hydrogen) atoms. The summed E-state index contributed by atoms with van der Waals surface area (Å²) in [6.45, 7) is 4.31. The van der Waals surface area contributed by atoms with E-state index in [1.807, 2.05) is 43.3 Å². The number of aromatic nitrogens is 3. The number of imidazole rings is 1. The van der Waals surface area contributed by atoms with E-state index in [9.17, 15) is 4.79 Å². The molecule has 162 valence electrons. The van der Waals surface area contributed by atoms with Crippen LogP contribution in [0, 0.1) is 6.92 Å². The lowest BCUT2D eigenvalue weighted by Gasteiger charge is -2.10. The Labute approximate surface area is 190 Å². The van der Waals surface area contributed by atoms with Crippen LogP contribution in [-0.2, 0) is 6.42 Å². The van der Waals surface area contributed by atoms with Crippen molar-refractivity contribution in [3.8, 4) is 11.4 Å². The average molecular weight is 447 g/mol. The lowest BCUT2D eigenvalue weighted by atomic mass is 10.1. The number of nitrogens with zero attached hydrogens (tertiary/aromatic N) is 2. The van der Waals surface area contributed by atoms with Crippen molar-refractivity contribution in [3.63, 3.8) is 0 Å². The molecule has 1 aliphatic rings. The van der Waals surface area contributed by atoms with Gasteiger partial charge in [0.05, 0.1) is 23.3 Å². The number of nitrogens with one attached hydrogen (secondary N) is 4. The van der Waals surface area contributed by atoms with E-state index in [0.717, 1.165) is 63.8 Å². The Morgan fingerprint density at radius 1 is 1.19 bits per heavy atom. The summed E-state index contributed by atoms with van der Waals surface area (Å²) in [6, 6.07) is 13.7. The lowest BCUT2D eigenvalue weighted by Crippen LogP contribution is -2.19. The number of aromatic amines is 2. The number of pyridine rings is 1. The third kappa shape index (κ3) is 3.99. The van der Waals surface area contributed by atoms with Crippen LogP contribution in [0.3, 0.4) is 0 Å². The largest absolute Gasteiger partial charge is 0.384 e. The van der Waals surface area contributed by atoms with Gasteiger partial charge in [-0.3, -0.25) is 9.79 Å². The van der Waals surface area contributed by atoms with Gasteiger partial charge in [-0.2, -0.15) is 0 Å². The molecule has 7 nitrogen and oxygen atoms in total. The number of fused-ring (bicyclic) bond motifs is 1. The maximum atomic E-state index is 12.8. The van der Waals surface area contributed by atoms with Crippen molar-refractivity contribution in [1.29, 1.82) is 0 Å². The second-order valence-electron chi connectivity index (χ2n) is 7.83. The molecule has 2 aromatic carbocycles. The SMILES string of the molecule is Cc1cc(C2=NCCN2)cc2[nH]c(-c3c(NCCc4cccc(Cl)c4)cc[nH]c3=O)nc12. The molecule has 8 heteroatoms. The van der Waals surface area contributed by atoms with Gasteiger partial charge >= 0.3 is 0 Å². The molecule has 0 fully saturated rings. The Kier molecular flexibility index (Phi) is 5.41. The fourth-order valence-electron chi connectivity index (χ4n) is 4.03. The molecule has 5 rings (SSSR count). The lowest BCUT2D eigenvalue weighted by molar-refractivity contribution is 0.960. The van der Waals surface area contributed by atoms with Gasteiger partial charge in [-0.25, -0.2) is 4.98 Å². The van der Waals surface area contributed by atoms with Gasteiger partial charge in [0.25, 0.3) is 5.56 Å². The summed E-state index contributed by atoms with van der Waals surface area (Å²) >= 11 is 6.08. The van der Waals surface area contributed by atoms with E-state index < -0.39 is 0 Å². The molecule has 2 aromatic heterocycles. The smallest absolute Gasteiger partial charge is 0.261 e. The standard InChI is InChI=1S/C24H23ClN6O/c1-14-11-16(22-27-9-10-28-22)13-19-21(14)31-23(30-19)20-18(6-8-29-24(20)32)26-7-5-15-3-2-4-17(25)12-15/h2-4,6,8,11-13H,5,7,9-10H2,1H3,(H,27,28)(H,30,31)(H2,26,29,32). The van der Waals surface area contributed by atoms with Gasteiger partial charge in [-0.05, 0) is 54.8 Å². The highest BCUT2D eigenvalue weighted by Gasteiger charge is 2.17. The third-order valence-electron chi connectivity index (χ3n) is 5.54. The first-order valence-electron chi connectivity index (χ1n) is 10.6. The van der Waals surface area contributed by atoms with Gasteiger partial charge < -0.3 is 20.6 Å². The van der Waals surface area contributed by atoms with Crippen molar-refractivity contribution in [3.05, 3.63) is 80.7 Å². The maximum absolute atomic E-state index is 12.8. The molecular weight excluding hydrogens is 424 g/mol. The summed E-state index contributed by atoms with van der Waals surface area (Å²) in [5.74, 6) is 1.43. The number of hydrogen-bond acceptors (Lipinski definition) is 5. The van der Waals surface area contributed by atoms with Gasteiger partial charge in [0.2, 0.25) is 0 Å². The average Bonchev–Trinajstić information content (AvgIpc) is 3.44. The first kappa shape index (κ1) is 20.3. The number of H-pyrrole nitrogens is 2. The van der Waals surface area contributed by atoms with Crippen LogP contribution >= 0.6 is 11.6 Å². The number of aryl methyl sites for hydroxylation is 1. The number of amidine groups is 1. The number of halogens is 1. The Morgan fingerprint density at radius 3 is 2.91 bits per heavy atom. The molecule has 4 N–H and O–H groups in total. The molecule has 1 aliphatic heterocycles. The number of rotatable bonds is 6. The Bertz CT molecular complexity index is 1390. The normalized spacial score (nSPS) is 13.2. The predicted molar refractivity (Wildman–Crippen MR) is 130 cm³/mol. The Hall–Kier alpha value is -3.58. The van der Waals surface area contributed by atoms with Crippen molar-refractivity contribution in [2.75, 3.05) is 25.0 Å². The van der Waals surface area contributed by atoms with E-state index in [1.54, 1.807) is 6.20 Å². The van der Waals surface area contributed by atoms with Crippen LogP contribution in [0.2, 0.25) is 5.02 Å². The summed E-state index contributed by atoms with van der Waals surface area (Å²) in [7, 11) is 0. The maximum Gasteiger partial charge on any atom is 0.261 e. The fraction of sp³-hybridized carbons (Fsp3) is 0.208. The summed E-state index contributed by atoms with van der Waals surface area (Å²) in [4.78, 5) is 28.1. The van der Waals surface area contributed by atoms with Gasteiger partial charge in [0.1, 0.15) is 17.2 Å². The van der Waals surface area contributed by atoms with Crippen LogP contribution in [0.15, 0.2) is 58.4 Å². The number of benzene rings is 2. The summed E-state index contributed by atoms with van der Waals surface area (Å²) in [5, 5.41) is 7.41. The second kappa shape index (κ2) is 8.51. The van der Waals surface area contributed by atoms with E-state index in [0.29, 0.717) is 17.9 Å². The number of anilines is 1. The fourth-order valence-corrected chi connectivity index (χ4v) is 4.24. The van der Waals surface area contributed by atoms with Crippen molar-refractivity contribution in [2.45, 2.75) is 13.3 Å². The molecule has 0 atom stereocenters. The highest BCUT2D eigenvalue weighted by molar-refractivity contribution is 6.30. The Morgan fingerprint density at radius 2 is 2.09 bits per heavy atom. The van der Waals surface area contributed by atoms with Gasteiger partial charge in [0, 0.05) is 29.9 Å². The Balaban J connectivity index is 1.46. The van der Waals surface area contributed by atoms with Crippen molar-refractivity contribution in [2.24, 2.45) is 4.99 Å². The van der Waals surface area contributed by atoms with Crippen LogP contribution in [0.1, 0.15) is 16.7 Å². The van der Waals surface area contributed by atoms with Crippen molar-refractivity contribution < 1.29 is 0 Å². The van der Waals surface area contributed by atoms with E-state index in [4.69, 9.17) is 16.6 Å². The molecule has 0 spiro atoms. The van der Waals surface area contributed by atoms with Gasteiger partial charge in [0.15, 0.2) is 0 Å². The first-order chi connectivity index (χ1) is 15.6. The van der Waals surface area contributed by atoms with Crippen molar-refractivity contribution >= 4 is 34.2 Å². The van der Waals surface area contributed by atoms with E-state index in [1.165, 1.54) is 0 Å². The highest BCUT2D eigenvalue weighted by Crippen LogP contribution is 2.27. The van der Waals surface area contributed by atoms with E-state index in [-0.39, 0.29) is 5.56 Å². The van der Waals surface area contributed by atoms with Crippen LogP contribution in [-0.4, -0.2) is 40.4 Å². The summed E-state index contributed by atoms with van der Waals surface area (Å²) in [6.07, 6.45) is 2.42. The van der Waals surface area contributed by atoms with Gasteiger partial charge in [-0.1, -0.05) is 23.7 Å². The topological polar surface area (TPSA) is 98.0 Å². The molecule has 0 aliphatic carbocycles. The second-order valence-corrected chi connectivity index (χ2v) is 8.27. The zero-order valence-corrected chi connectivity index (χ0v) is 18.4. The molecule has 4 aromatic rings. The molecule has 0 radical (unpaired) electrons. The highest BCUT2D eigenvalue weighted by atomic mass is 35.5. The number of hydrogen-bond donors (Lipinski definition) is 4. The van der Waals surface area contributed by atoms with Crippen LogP contribution in [0.5, 0.6) is 0 Å². The van der Waals surface area contributed by atoms with Crippen LogP contribution < -0.4 is 16.2 Å². The molecular formula is C24H23ClN6O. The summed E-state index contributed by atoms with van der Waals surface area (Å²) in [5.41, 5.74) is 5.92. The van der Waals surface area contributed by atoms with E-state index in [2.05, 4.69) is 31.7 Å². The molecule has 3 heterocycles. The molecule has 0 saturated carbocycles. The first-order valence-corrected chi connectivity index (χ1v) is 11.0. The molecule has 0 bridgehead atoms. The molecule has 0 amide bonds. The zero-order valence-electron chi connectivity index (χ0n) is 17.6. The zero-order chi connectivity index (χ0) is 22.1. The quantitative estimate of drug-likeness (QED) is 0.361. The monoisotopic (exact) mass is 446 g/mol. The van der Waals surface area contributed by atoms with Gasteiger partial charge in [-0.15, -0.1) is 0 Å².